The van der Waals surface area contributed by atoms with E-state index in [1.807, 2.05) is 24.3 Å². The molecule has 5 atom stereocenters. The lowest BCUT2D eigenvalue weighted by Gasteiger charge is -2.40. The third-order valence-electron chi connectivity index (χ3n) is 5.46. The van der Waals surface area contributed by atoms with Crippen molar-refractivity contribution in [1.82, 2.24) is 4.57 Å². The van der Waals surface area contributed by atoms with Crippen molar-refractivity contribution in [1.29, 1.82) is 0 Å². The molecule has 4 N–H and O–H groups in total. The van der Waals surface area contributed by atoms with Gasteiger partial charge in [0.2, 0.25) is 0 Å². The highest BCUT2D eigenvalue weighted by Crippen LogP contribution is 2.39. The van der Waals surface area contributed by atoms with Crippen LogP contribution in [0.25, 0.3) is 10.9 Å². The summed E-state index contributed by atoms with van der Waals surface area (Å²) in [6.07, 6.45) is -3.76. The van der Waals surface area contributed by atoms with E-state index >= 15 is 0 Å². The van der Waals surface area contributed by atoms with Gasteiger partial charge in [0.05, 0.1) is 12.1 Å². The highest BCUT2D eigenvalue weighted by atomic mass is 32.2. The van der Waals surface area contributed by atoms with Gasteiger partial charge < -0.3 is 29.7 Å². The maximum Gasteiger partial charge on any atom is 0.163 e. The molecule has 30 heavy (non-hydrogen) atoms. The molecule has 0 saturated carbocycles. The van der Waals surface area contributed by atoms with E-state index in [0.29, 0.717) is 10.9 Å². The first-order valence-electron chi connectivity index (χ1n) is 9.80. The zero-order valence-electron chi connectivity index (χ0n) is 16.4. The summed E-state index contributed by atoms with van der Waals surface area (Å²) >= 11 is 1.45. The highest BCUT2D eigenvalue weighted by molar-refractivity contribution is 7.99. The summed E-state index contributed by atoms with van der Waals surface area (Å²) < 4.78 is 21.3. The average molecular weight is 434 g/mol. The van der Waals surface area contributed by atoms with Gasteiger partial charge in [0, 0.05) is 21.4 Å². The first kappa shape index (κ1) is 21.3. The minimum absolute atomic E-state index is 0.391. The van der Waals surface area contributed by atoms with E-state index in [1.165, 1.54) is 29.5 Å². The predicted molar refractivity (Wildman–Crippen MR) is 111 cm³/mol. The van der Waals surface area contributed by atoms with Gasteiger partial charge in [-0.15, -0.1) is 0 Å². The molecule has 2 heterocycles. The number of nitrogens with zero attached hydrogens (tertiary/aromatic N) is 1. The van der Waals surface area contributed by atoms with Crippen molar-refractivity contribution >= 4 is 22.7 Å². The number of ether oxygens (including phenoxy) is 1. The van der Waals surface area contributed by atoms with Crippen LogP contribution in [0.15, 0.2) is 58.5 Å². The molecule has 2 aromatic carbocycles. The maximum absolute atomic E-state index is 14.0. The van der Waals surface area contributed by atoms with Crippen LogP contribution in [0.1, 0.15) is 18.7 Å². The van der Waals surface area contributed by atoms with E-state index in [2.05, 4.69) is 6.92 Å². The van der Waals surface area contributed by atoms with Crippen LogP contribution in [0.4, 0.5) is 4.39 Å². The zero-order chi connectivity index (χ0) is 21.4. The third-order valence-corrected chi connectivity index (χ3v) is 6.51. The SMILES string of the molecule is CCc1ccc(Sc2cn([C@@H]3O[C@H](CO)[C@@H](O)[C@H](O)[C@H]3O)c3ccc(F)cc23)cc1. The van der Waals surface area contributed by atoms with Crippen LogP contribution in [-0.4, -0.2) is 56.0 Å². The number of halogens is 1. The molecule has 0 spiro atoms. The Bertz CT molecular complexity index is 1020. The van der Waals surface area contributed by atoms with Crippen molar-refractivity contribution in [2.24, 2.45) is 0 Å². The van der Waals surface area contributed by atoms with Gasteiger partial charge in [-0.05, 0) is 42.3 Å². The van der Waals surface area contributed by atoms with Gasteiger partial charge in [0.1, 0.15) is 30.2 Å². The monoisotopic (exact) mass is 433 g/mol. The minimum atomic E-state index is -1.49. The van der Waals surface area contributed by atoms with Crippen LogP contribution < -0.4 is 0 Å². The zero-order valence-corrected chi connectivity index (χ0v) is 17.2. The van der Waals surface area contributed by atoms with Gasteiger partial charge in [-0.3, -0.25) is 0 Å². The molecule has 1 fully saturated rings. The van der Waals surface area contributed by atoms with E-state index in [9.17, 15) is 24.8 Å². The van der Waals surface area contributed by atoms with Gasteiger partial charge in [-0.2, -0.15) is 0 Å². The van der Waals surface area contributed by atoms with Crippen LogP contribution in [0.3, 0.4) is 0 Å². The number of hydrogen-bond donors (Lipinski definition) is 4. The lowest BCUT2D eigenvalue weighted by molar-refractivity contribution is -0.250. The Morgan fingerprint density at radius 1 is 1.03 bits per heavy atom. The highest BCUT2D eigenvalue weighted by Gasteiger charge is 2.44. The normalized spacial score (nSPS) is 26.9. The van der Waals surface area contributed by atoms with Gasteiger partial charge in [0.25, 0.3) is 0 Å². The molecule has 0 amide bonds. The number of rotatable bonds is 5. The third kappa shape index (κ3) is 3.87. The van der Waals surface area contributed by atoms with Crippen molar-refractivity contribution in [2.75, 3.05) is 6.61 Å². The van der Waals surface area contributed by atoms with Gasteiger partial charge in [-0.25, -0.2) is 4.39 Å². The van der Waals surface area contributed by atoms with E-state index in [4.69, 9.17) is 4.74 Å². The summed E-state index contributed by atoms with van der Waals surface area (Å²) in [4.78, 5) is 1.73. The summed E-state index contributed by atoms with van der Waals surface area (Å²) in [6, 6.07) is 12.4. The number of fused-ring (bicyclic) bond motifs is 1. The van der Waals surface area contributed by atoms with E-state index in [-0.39, 0.29) is 0 Å². The second kappa shape index (κ2) is 8.66. The Balaban J connectivity index is 1.75. The van der Waals surface area contributed by atoms with Crippen molar-refractivity contribution in [3.05, 3.63) is 60.0 Å². The molecular formula is C22H24FNO5S. The molecule has 0 unspecified atom stereocenters. The van der Waals surface area contributed by atoms with Crippen molar-refractivity contribution in [2.45, 2.75) is 53.8 Å². The number of aryl methyl sites for hydroxylation is 1. The van der Waals surface area contributed by atoms with E-state index in [0.717, 1.165) is 16.2 Å². The first-order chi connectivity index (χ1) is 14.4. The molecule has 0 radical (unpaired) electrons. The number of aliphatic hydroxyl groups excluding tert-OH is 4. The molecular weight excluding hydrogens is 409 g/mol. The van der Waals surface area contributed by atoms with Crippen LogP contribution >= 0.6 is 11.8 Å². The average Bonchev–Trinajstić information content (AvgIpc) is 3.10. The molecule has 1 aromatic heterocycles. The van der Waals surface area contributed by atoms with Gasteiger partial charge in [-0.1, -0.05) is 30.8 Å². The predicted octanol–water partition coefficient (Wildman–Crippen LogP) is 2.47. The number of benzene rings is 2. The smallest absolute Gasteiger partial charge is 0.163 e. The molecule has 160 valence electrons. The molecule has 8 heteroatoms. The largest absolute Gasteiger partial charge is 0.394 e. The van der Waals surface area contributed by atoms with Gasteiger partial charge >= 0.3 is 0 Å². The fourth-order valence-electron chi connectivity index (χ4n) is 3.72. The molecule has 0 bridgehead atoms. The number of hydrogen-bond acceptors (Lipinski definition) is 6. The van der Waals surface area contributed by atoms with Crippen molar-refractivity contribution in [3.63, 3.8) is 0 Å². The summed E-state index contributed by atoms with van der Waals surface area (Å²) in [7, 11) is 0. The summed E-state index contributed by atoms with van der Waals surface area (Å²) in [6.45, 7) is 1.57. The lowest BCUT2D eigenvalue weighted by atomic mass is 9.98. The number of aliphatic hydroxyl groups is 4. The summed E-state index contributed by atoms with van der Waals surface area (Å²) in [5.74, 6) is -0.391. The van der Waals surface area contributed by atoms with Crippen molar-refractivity contribution in [3.8, 4) is 0 Å². The second-order valence-electron chi connectivity index (χ2n) is 7.38. The standard InChI is InChI=1S/C22H24FNO5S/c1-2-12-3-6-14(7-4-12)30-18-10-24(16-8-5-13(23)9-15(16)18)22-21(28)20(27)19(26)17(11-25)29-22/h3-10,17,19-22,25-28H,2,11H2,1H3/t17-,19-,20+,21-,22-/m1/s1. The van der Waals surface area contributed by atoms with Gasteiger partial charge in [0.15, 0.2) is 6.23 Å². The molecule has 1 aliphatic rings. The molecule has 1 saturated heterocycles. The lowest BCUT2D eigenvalue weighted by Crippen LogP contribution is -2.56. The Kier molecular flexibility index (Phi) is 6.15. The summed E-state index contributed by atoms with van der Waals surface area (Å²) in [5, 5.41) is 40.9. The van der Waals surface area contributed by atoms with Crippen LogP contribution in [0.2, 0.25) is 0 Å². The molecule has 4 rings (SSSR count). The topological polar surface area (TPSA) is 95.1 Å². The molecule has 1 aliphatic heterocycles. The molecule has 0 aliphatic carbocycles. The molecule has 6 nitrogen and oxygen atoms in total. The fourth-order valence-corrected chi connectivity index (χ4v) is 4.69. The second-order valence-corrected chi connectivity index (χ2v) is 8.50. The quantitative estimate of drug-likeness (QED) is 0.494. The van der Waals surface area contributed by atoms with Crippen LogP contribution in [0.5, 0.6) is 0 Å². The Morgan fingerprint density at radius 3 is 2.43 bits per heavy atom. The molecule has 3 aromatic rings. The Labute approximate surface area is 177 Å². The Hall–Kier alpha value is -1.94. The fraction of sp³-hybridized carbons (Fsp3) is 0.364. The van der Waals surface area contributed by atoms with Crippen molar-refractivity contribution < 1.29 is 29.6 Å². The van der Waals surface area contributed by atoms with E-state index < -0.39 is 43.1 Å². The number of aromatic nitrogens is 1. The first-order valence-corrected chi connectivity index (χ1v) is 10.6. The van der Waals surface area contributed by atoms with Crippen LogP contribution in [0, 0.1) is 5.82 Å². The van der Waals surface area contributed by atoms with E-state index in [1.54, 1.807) is 16.8 Å². The Morgan fingerprint density at radius 2 is 1.77 bits per heavy atom. The minimum Gasteiger partial charge on any atom is -0.394 e. The van der Waals surface area contributed by atoms with Crippen LogP contribution in [-0.2, 0) is 11.2 Å². The maximum atomic E-state index is 14.0. The summed E-state index contributed by atoms with van der Waals surface area (Å²) in [5.41, 5.74) is 1.82.